The Morgan fingerprint density at radius 3 is 2.49 bits per heavy atom. The minimum Gasteiger partial charge on any atom is -0.478 e. The summed E-state index contributed by atoms with van der Waals surface area (Å²) in [6.45, 7) is 0.289. The summed E-state index contributed by atoms with van der Waals surface area (Å²) in [4.78, 5) is 37.7. The average molecular weight is 572 g/mol. The molecule has 0 atom stereocenters. The van der Waals surface area contributed by atoms with Gasteiger partial charge < -0.3 is 24.1 Å². The molecular weight excluding hydrogens is 546 g/mol. The molecule has 2 aliphatic carbocycles. The molecular formula is C27H26BrNO8. The Bertz CT molecular complexity index is 1360. The third-order valence-corrected chi connectivity index (χ3v) is 7.60. The lowest BCUT2D eigenvalue weighted by molar-refractivity contribution is -0.0365. The Labute approximate surface area is 221 Å². The molecule has 37 heavy (non-hydrogen) atoms. The second-order valence-electron chi connectivity index (χ2n) is 9.62. The third kappa shape index (κ3) is 5.44. The molecule has 9 nitrogen and oxygen atoms in total. The van der Waals surface area contributed by atoms with Crippen LogP contribution in [0.4, 0.5) is 9.59 Å². The van der Waals surface area contributed by atoms with E-state index in [-0.39, 0.29) is 24.8 Å². The van der Waals surface area contributed by atoms with Crippen LogP contribution in [0.1, 0.15) is 54.4 Å². The van der Waals surface area contributed by atoms with Gasteiger partial charge in [0, 0.05) is 17.5 Å². The van der Waals surface area contributed by atoms with Crippen LogP contribution in [0.2, 0.25) is 0 Å². The van der Waals surface area contributed by atoms with Crippen LogP contribution in [0.25, 0.3) is 22.3 Å². The summed E-state index contributed by atoms with van der Waals surface area (Å²) >= 11 is 3.57. The minimum absolute atomic E-state index is 0.0997. The molecule has 0 radical (unpaired) electrons. The molecule has 1 amide bonds. The fraction of sp³-hybridized carbons (Fsp3) is 0.370. The zero-order chi connectivity index (χ0) is 26.2. The fourth-order valence-corrected chi connectivity index (χ4v) is 5.51. The van der Waals surface area contributed by atoms with Gasteiger partial charge in [-0.05, 0) is 78.2 Å². The quantitative estimate of drug-likeness (QED) is 0.287. The Morgan fingerprint density at radius 2 is 1.81 bits per heavy atom. The van der Waals surface area contributed by atoms with Crippen molar-refractivity contribution in [3.05, 3.63) is 58.1 Å². The number of hydrogen-bond acceptors (Lipinski definition) is 6. The van der Waals surface area contributed by atoms with Crippen molar-refractivity contribution in [2.75, 3.05) is 6.54 Å². The molecule has 1 aromatic heterocycles. The topological polar surface area (TPSA) is 127 Å². The van der Waals surface area contributed by atoms with Crippen LogP contribution < -0.4 is 0 Å². The number of hydrogen-bond donors (Lipinski definition) is 2. The summed E-state index contributed by atoms with van der Waals surface area (Å²) in [7, 11) is 0. The van der Waals surface area contributed by atoms with E-state index >= 15 is 0 Å². The monoisotopic (exact) mass is 571 g/mol. The number of halogens is 1. The number of amides is 1. The van der Waals surface area contributed by atoms with Crippen LogP contribution in [0.5, 0.6) is 0 Å². The molecule has 2 saturated carbocycles. The van der Waals surface area contributed by atoms with Crippen LogP contribution >= 0.6 is 15.9 Å². The Hall–Kier alpha value is -3.53. The molecule has 2 aliphatic rings. The zero-order valence-electron chi connectivity index (χ0n) is 19.9. The lowest BCUT2D eigenvalue weighted by Crippen LogP contribution is -2.46. The third-order valence-electron chi connectivity index (χ3n) is 6.82. The Balaban J connectivity index is 1.46. The first kappa shape index (κ1) is 25.1. The number of carboxylic acid groups (broad SMARTS) is 2. The number of benzene rings is 2. The second kappa shape index (κ2) is 10.1. The maximum Gasteiger partial charge on any atom is 0.506 e. The fourth-order valence-electron chi connectivity index (χ4n) is 4.91. The van der Waals surface area contributed by atoms with Gasteiger partial charge in [0.05, 0.1) is 16.6 Å². The van der Waals surface area contributed by atoms with E-state index in [4.69, 9.17) is 13.9 Å². The summed E-state index contributed by atoms with van der Waals surface area (Å²) in [6.07, 6.45) is 2.45. The molecule has 0 spiro atoms. The normalized spacial score (nSPS) is 16.5. The molecule has 0 saturated heterocycles. The molecule has 10 heteroatoms. The Kier molecular flexibility index (Phi) is 6.85. The molecule has 2 N–H and O–H groups in total. The standard InChI is InChI=1S/C27H26BrNO8/c28-22-20-13-16(7-10-21(20)36-23(22)18-5-1-2-6-19(18)24(30)31)14-29(25(32)35-17-8-9-17)15-27(37-26(33)34)11-3-4-12-27/h1-2,5-7,10,13,17H,3-4,8-9,11-12,14-15H2,(H,30,31)(H,33,34). The molecule has 1 heterocycles. The number of carbonyl (C=O) groups excluding carboxylic acids is 1. The molecule has 0 unspecified atom stereocenters. The number of fused-ring (bicyclic) bond motifs is 1. The predicted molar refractivity (Wildman–Crippen MR) is 137 cm³/mol. The molecule has 2 fully saturated rings. The average Bonchev–Trinajstić information content (AvgIpc) is 3.47. The molecule has 5 rings (SSSR count). The molecule has 194 valence electrons. The number of furan rings is 1. The van der Waals surface area contributed by atoms with Crippen molar-refractivity contribution in [2.45, 2.75) is 56.8 Å². The highest BCUT2D eigenvalue weighted by molar-refractivity contribution is 9.10. The van der Waals surface area contributed by atoms with E-state index < -0.39 is 23.8 Å². The van der Waals surface area contributed by atoms with Crippen LogP contribution in [0.3, 0.4) is 0 Å². The van der Waals surface area contributed by atoms with Gasteiger partial charge in [0.25, 0.3) is 0 Å². The highest BCUT2D eigenvalue weighted by Gasteiger charge is 2.42. The van der Waals surface area contributed by atoms with Crippen molar-refractivity contribution in [2.24, 2.45) is 0 Å². The zero-order valence-corrected chi connectivity index (χ0v) is 21.5. The number of nitrogens with zero attached hydrogens (tertiary/aromatic N) is 1. The van der Waals surface area contributed by atoms with E-state index in [9.17, 15) is 24.6 Å². The van der Waals surface area contributed by atoms with Gasteiger partial charge in [-0.3, -0.25) is 4.90 Å². The summed E-state index contributed by atoms with van der Waals surface area (Å²) < 4.78 is 17.5. The molecule has 2 aromatic carbocycles. The van der Waals surface area contributed by atoms with Crippen LogP contribution in [-0.2, 0) is 16.0 Å². The van der Waals surface area contributed by atoms with E-state index in [0.29, 0.717) is 34.2 Å². The van der Waals surface area contributed by atoms with E-state index in [1.165, 1.54) is 11.0 Å². The maximum absolute atomic E-state index is 13.1. The number of carboxylic acids is 1. The van der Waals surface area contributed by atoms with Crippen molar-refractivity contribution >= 4 is 45.1 Å². The van der Waals surface area contributed by atoms with Gasteiger partial charge in [0.15, 0.2) is 0 Å². The van der Waals surface area contributed by atoms with Gasteiger partial charge in [-0.15, -0.1) is 0 Å². The van der Waals surface area contributed by atoms with E-state index in [1.54, 1.807) is 24.3 Å². The van der Waals surface area contributed by atoms with E-state index in [1.807, 2.05) is 12.1 Å². The maximum atomic E-state index is 13.1. The van der Waals surface area contributed by atoms with Gasteiger partial charge >= 0.3 is 18.2 Å². The highest BCUT2D eigenvalue weighted by Crippen LogP contribution is 2.40. The second-order valence-corrected chi connectivity index (χ2v) is 10.4. The summed E-state index contributed by atoms with van der Waals surface area (Å²) in [5, 5.41) is 19.6. The van der Waals surface area contributed by atoms with Crippen molar-refractivity contribution in [1.29, 1.82) is 0 Å². The van der Waals surface area contributed by atoms with Crippen molar-refractivity contribution in [3.63, 3.8) is 0 Å². The smallest absolute Gasteiger partial charge is 0.478 e. The highest BCUT2D eigenvalue weighted by atomic mass is 79.9. The predicted octanol–water partition coefficient (Wildman–Crippen LogP) is 6.67. The molecule has 3 aromatic rings. The van der Waals surface area contributed by atoms with Gasteiger partial charge in [-0.2, -0.15) is 0 Å². The van der Waals surface area contributed by atoms with Crippen molar-refractivity contribution in [3.8, 4) is 11.3 Å². The lowest BCUT2D eigenvalue weighted by atomic mass is 10.0. The number of aromatic carboxylic acids is 1. The summed E-state index contributed by atoms with van der Waals surface area (Å²) in [5.74, 6) is -0.659. The minimum atomic E-state index is -1.35. The number of rotatable bonds is 8. The first-order valence-electron chi connectivity index (χ1n) is 12.2. The van der Waals surface area contributed by atoms with Crippen molar-refractivity contribution < 1.29 is 38.5 Å². The number of carbonyl (C=O) groups is 3. The first-order valence-corrected chi connectivity index (χ1v) is 13.0. The van der Waals surface area contributed by atoms with Gasteiger partial charge in [-0.1, -0.05) is 24.3 Å². The van der Waals surface area contributed by atoms with Crippen LogP contribution in [0.15, 0.2) is 51.4 Å². The van der Waals surface area contributed by atoms with Crippen LogP contribution in [0, 0.1) is 0 Å². The van der Waals surface area contributed by atoms with E-state index in [2.05, 4.69) is 15.9 Å². The lowest BCUT2D eigenvalue weighted by Gasteiger charge is -2.33. The van der Waals surface area contributed by atoms with Crippen LogP contribution in [-0.4, -0.2) is 51.6 Å². The Morgan fingerprint density at radius 1 is 1.08 bits per heavy atom. The van der Waals surface area contributed by atoms with Crippen molar-refractivity contribution in [1.82, 2.24) is 4.90 Å². The first-order chi connectivity index (χ1) is 17.7. The SMILES string of the molecule is O=C(O)OC1(CN(Cc2ccc3oc(-c4ccccc4C(=O)O)c(Br)c3c2)C(=O)OC2CC2)CCCC1. The van der Waals surface area contributed by atoms with Gasteiger partial charge in [0.2, 0.25) is 0 Å². The summed E-state index contributed by atoms with van der Waals surface area (Å²) in [5.41, 5.74) is 0.949. The molecule has 0 bridgehead atoms. The summed E-state index contributed by atoms with van der Waals surface area (Å²) in [6, 6.07) is 12.1. The van der Waals surface area contributed by atoms with E-state index in [0.717, 1.165) is 36.6 Å². The largest absolute Gasteiger partial charge is 0.506 e. The van der Waals surface area contributed by atoms with Gasteiger partial charge in [0.1, 0.15) is 23.0 Å². The van der Waals surface area contributed by atoms with Gasteiger partial charge in [-0.25, -0.2) is 14.4 Å². The molecule has 0 aliphatic heterocycles. The number of ether oxygens (including phenoxy) is 2.